The number of rotatable bonds is 1. The topological polar surface area (TPSA) is 71.4 Å². The zero-order valence-corrected chi connectivity index (χ0v) is 6.78. The molecule has 0 unspecified atom stereocenters. The maximum atomic E-state index is 8.74. The molecule has 0 aliphatic heterocycles. The Kier molecular flexibility index (Phi) is 2.64. The largest absolute Gasteiger partial charge is 0.192 e. The maximum absolute atomic E-state index is 8.74. The van der Waals surface area contributed by atoms with Crippen LogP contribution in [-0.2, 0) is 0 Å². The van der Waals surface area contributed by atoms with Crippen LogP contribution in [0.5, 0.6) is 0 Å². The number of hydrogen-bond donors (Lipinski definition) is 0. The van der Waals surface area contributed by atoms with Crippen LogP contribution in [0.4, 0.5) is 0 Å². The molecule has 0 amide bonds. The highest BCUT2D eigenvalue weighted by molar-refractivity contribution is 5.57. The van der Waals surface area contributed by atoms with Gasteiger partial charge in [0.1, 0.15) is 23.8 Å². The first-order chi connectivity index (χ1) is 6.33. The summed E-state index contributed by atoms with van der Waals surface area (Å²) in [6.07, 6.45) is 6.04. The van der Waals surface area contributed by atoms with Gasteiger partial charge in [-0.2, -0.15) is 15.8 Å². The molecule has 13 heavy (non-hydrogen) atoms. The summed E-state index contributed by atoms with van der Waals surface area (Å²) in [5, 5.41) is 25.9. The van der Waals surface area contributed by atoms with Gasteiger partial charge in [-0.1, -0.05) is 18.2 Å². The van der Waals surface area contributed by atoms with Crippen LogP contribution in [0.25, 0.3) is 0 Å². The third-order valence-corrected chi connectivity index (χ3v) is 1.68. The van der Waals surface area contributed by atoms with E-state index in [4.69, 9.17) is 15.8 Å². The third-order valence-electron chi connectivity index (χ3n) is 1.68. The molecule has 0 fully saturated rings. The molecule has 0 aromatic heterocycles. The standard InChI is InChI=1S/C10H5N3/c11-5-9(6-12)10(7-13)8-3-1-2-4-8/h1-3H,4H2. The van der Waals surface area contributed by atoms with Crippen LogP contribution in [-0.4, -0.2) is 0 Å². The van der Waals surface area contributed by atoms with Crippen molar-refractivity contribution >= 4 is 0 Å². The SMILES string of the molecule is N#CC(C#N)=C(C#N)C1=CC=CC1. The van der Waals surface area contributed by atoms with Crippen molar-refractivity contribution in [1.29, 1.82) is 15.8 Å². The second-order valence-corrected chi connectivity index (χ2v) is 2.41. The van der Waals surface area contributed by atoms with Gasteiger partial charge in [-0.25, -0.2) is 0 Å². The molecular formula is C10H5N3. The summed E-state index contributed by atoms with van der Waals surface area (Å²) in [7, 11) is 0. The maximum Gasteiger partial charge on any atom is 0.147 e. The van der Waals surface area contributed by atoms with Crippen LogP contribution in [0, 0.1) is 34.0 Å². The number of allylic oxidation sites excluding steroid dienone is 6. The second kappa shape index (κ2) is 3.90. The van der Waals surface area contributed by atoms with Crippen LogP contribution >= 0.6 is 0 Å². The summed E-state index contributed by atoms with van der Waals surface area (Å²) in [6.45, 7) is 0. The Balaban J connectivity index is 3.15. The minimum absolute atomic E-state index is 0.113. The lowest BCUT2D eigenvalue weighted by atomic mass is 10.0. The molecule has 0 heterocycles. The van der Waals surface area contributed by atoms with E-state index in [1.165, 1.54) is 0 Å². The van der Waals surface area contributed by atoms with Crippen molar-refractivity contribution in [2.75, 3.05) is 0 Å². The van der Waals surface area contributed by atoms with Crippen molar-refractivity contribution < 1.29 is 0 Å². The predicted molar refractivity (Wildman–Crippen MR) is 45.7 cm³/mol. The molecule has 0 atom stereocenters. The van der Waals surface area contributed by atoms with Crippen molar-refractivity contribution in [3.8, 4) is 18.2 Å². The van der Waals surface area contributed by atoms with Gasteiger partial charge in [-0.05, 0) is 12.0 Å². The van der Waals surface area contributed by atoms with Gasteiger partial charge in [0.25, 0.3) is 0 Å². The highest BCUT2D eigenvalue weighted by Gasteiger charge is 2.11. The molecule has 0 N–H and O–H groups in total. The van der Waals surface area contributed by atoms with Gasteiger partial charge in [-0.3, -0.25) is 0 Å². The number of nitriles is 3. The molecule has 1 aliphatic rings. The van der Waals surface area contributed by atoms with Crippen LogP contribution in [0.15, 0.2) is 34.9 Å². The van der Waals surface area contributed by atoms with Crippen molar-refractivity contribution in [2.45, 2.75) is 6.42 Å². The molecular weight excluding hydrogens is 162 g/mol. The van der Waals surface area contributed by atoms with E-state index >= 15 is 0 Å². The Morgan fingerprint density at radius 2 is 1.85 bits per heavy atom. The van der Waals surface area contributed by atoms with E-state index in [2.05, 4.69) is 0 Å². The van der Waals surface area contributed by atoms with Crippen molar-refractivity contribution in [3.63, 3.8) is 0 Å². The molecule has 3 heteroatoms. The molecule has 1 rings (SSSR count). The monoisotopic (exact) mass is 167 g/mol. The van der Waals surface area contributed by atoms with Crippen LogP contribution in [0.1, 0.15) is 6.42 Å². The lowest BCUT2D eigenvalue weighted by Crippen LogP contribution is -1.88. The quantitative estimate of drug-likeness (QED) is 0.558. The molecule has 0 saturated heterocycles. The van der Waals surface area contributed by atoms with E-state index in [0.29, 0.717) is 6.42 Å². The molecule has 60 valence electrons. The minimum Gasteiger partial charge on any atom is -0.192 e. The highest BCUT2D eigenvalue weighted by Crippen LogP contribution is 2.21. The molecule has 0 bridgehead atoms. The fourth-order valence-electron chi connectivity index (χ4n) is 1.06. The summed E-state index contributed by atoms with van der Waals surface area (Å²) in [4.78, 5) is 0. The van der Waals surface area contributed by atoms with Gasteiger partial charge in [0.15, 0.2) is 0 Å². The molecule has 0 aromatic rings. The average molecular weight is 167 g/mol. The summed E-state index contributed by atoms with van der Waals surface area (Å²) >= 11 is 0. The lowest BCUT2D eigenvalue weighted by Gasteiger charge is -1.96. The fourth-order valence-corrected chi connectivity index (χ4v) is 1.06. The van der Waals surface area contributed by atoms with Gasteiger partial charge in [0, 0.05) is 0 Å². The summed E-state index contributed by atoms with van der Waals surface area (Å²) in [5.41, 5.74) is 0.813. The first-order valence-corrected chi connectivity index (χ1v) is 3.64. The zero-order chi connectivity index (χ0) is 9.68. The van der Waals surface area contributed by atoms with E-state index < -0.39 is 0 Å². The molecule has 0 saturated carbocycles. The normalized spacial score (nSPS) is 12.2. The summed E-state index contributed by atoms with van der Waals surface area (Å²) in [5.74, 6) is 0. The van der Waals surface area contributed by atoms with Gasteiger partial charge < -0.3 is 0 Å². The van der Waals surface area contributed by atoms with Crippen LogP contribution < -0.4 is 0 Å². The number of nitrogens with zero attached hydrogens (tertiary/aromatic N) is 3. The van der Waals surface area contributed by atoms with Gasteiger partial charge in [0.05, 0.1) is 5.57 Å². The smallest absolute Gasteiger partial charge is 0.147 e. The Morgan fingerprint density at radius 1 is 1.15 bits per heavy atom. The van der Waals surface area contributed by atoms with Crippen molar-refractivity contribution in [3.05, 3.63) is 34.9 Å². The Morgan fingerprint density at radius 3 is 2.23 bits per heavy atom. The zero-order valence-electron chi connectivity index (χ0n) is 6.78. The Hall–Kier alpha value is -2.31. The van der Waals surface area contributed by atoms with Crippen molar-refractivity contribution in [1.82, 2.24) is 0 Å². The summed E-state index contributed by atoms with van der Waals surface area (Å²) in [6, 6.07) is 5.29. The first kappa shape index (κ1) is 8.78. The Labute approximate surface area is 76.1 Å². The minimum atomic E-state index is -0.113. The number of hydrogen-bond acceptors (Lipinski definition) is 3. The van der Waals surface area contributed by atoms with E-state index in [-0.39, 0.29) is 11.1 Å². The first-order valence-electron chi connectivity index (χ1n) is 3.64. The highest BCUT2D eigenvalue weighted by atomic mass is 14.3. The van der Waals surface area contributed by atoms with Gasteiger partial charge >= 0.3 is 0 Å². The second-order valence-electron chi connectivity index (χ2n) is 2.41. The fraction of sp³-hybridized carbons (Fsp3) is 0.100. The summed E-state index contributed by atoms with van der Waals surface area (Å²) < 4.78 is 0. The van der Waals surface area contributed by atoms with E-state index in [1.54, 1.807) is 24.3 Å². The third kappa shape index (κ3) is 1.64. The van der Waals surface area contributed by atoms with E-state index in [1.807, 2.05) is 12.1 Å². The van der Waals surface area contributed by atoms with E-state index in [0.717, 1.165) is 5.57 Å². The molecule has 0 spiro atoms. The van der Waals surface area contributed by atoms with Crippen LogP contribution in [0.3, 0.4) is 0 Å². The Bertz CT molecular complexity index is 414. The molecule has 3 nitrogen and oxygen atoms in total. The van der Waals surface area contributed by atoms with Crippen LogP contribution in [0.2, 0.25) is 0 Å². The molecule has 1 aliphatic carbocycles. The van der Waals surface area contributed by atoms with Gasteiger partial charge in [-0.15, -0.1) is 0 Å². The van der Waals surface area contributed by atoms with Gasteiger partial charge in [0.2, 0.25) is 0 Å². The van der Waals surface area contributed by atoms with E-state index in [9.17, 15) is 0 Å². The molecule has 0 aromatic carbocycles. The van der Waals surface area contributed by atoms with Crippen molar-refractivity contribution in [2.24, 2.45) is 0 Å². The average Bonchev–Trinajstić information content (AvgIpc) is 2.66. The lowest BCUT2D eigenvalue weighted by molar-refractivity contribution is 1.26. The predicted octanol–water partition coefficient (Wildman–Crippen LogP) is 1.74. The molecule has 0 radical (unpaired) electrons.